The minimum absolute atomic E-state index is 0.179. The van der Waals surface area contributed by atoms with Crippen molar-refractivity contribution < 1.29 is 9.59 Å². The Labute approximate surface area is 171 Å². The summed E-state index contributed by atoms with van der Waals surface area (Å²) < 4.78 is 1.33. The molecule has 4 rings (SSSR count). The largest absolute Gasteiger partial charge is 0.343 e. The Morgan fingerprint density at radius 2 is 1.90 bits per heavy atom. The van der Waals surface area contributed by atoms with Crippen molar-refractivity contribution in [3.63, 3.8) is 0 Å². The SMILES string of the molecule is Cc1nc2ccccc2c(=O)n1CC(=O)N[C@@H]1CCN(c2ccc(Cl)cc2)C1=O. The first-order valence-corrected chi connectivity index (χ1v) is 9.64. The molecule has 0 bridgehead atoms. The lowest BCUT2D eigenvalue weighted by Crippen LogP contribution is -2.44. The van der Waals surface area contributed by atoms with Gasteiger partial charge in [0.25, 0.3) is 5.56 Å². The summed E-state index contributed by atoms with van der Waals surface area (Å²) in [7, 11) is 0. The summed E-state index contributed by atoms with van der Waals surface area (Å²) in [5.41, 5.74) is 1.06. The quantitative estimate of drug-likeness (QED) is 0.715. The van der Waals surface area contributed by atoms with Gasteiger partial charge in [-0.3, -0.25) is 19.0 Å². The van der Waals surface area contributed by atoms with Crippen LogP contribution in [-0.2, 0) is 16.1 Å². The number of para-hydroxylation sites is 1. The molecule has 7 nitrogen and oxygen atoms in total. The molecule has 0 aliphatic carbocycles. The Balaban J connectivity index is 1.48. The first-order valence-electron chi connectivity index (χ1n) is 9.26. The van der Waals surface area contributed by atoms with Crippen molar-refractivity contribution >= 4 is 40.0 Å². The highest BCUT2D eigenvalue weighted by molar-refractivity contribution is 6.30. The Morgan fingerprint density at radius 1 is 1.17 bits per heavy atom. The van der Waals surface area contributed by atoms with E-state index >= 15 is 0 Å². The lowest BCUT2D eigenvalue weighted by molar-refractivity contribution is -0.126. The van der Waals surface area contributed by atoms with E-state index in [1.54, 1.807) is 54.3 Å². The van der Waals surface area contributed by atoms with Gasteiger partial charge in [0.15, 0.2) is 0 Å². The number of aryl methyl sites for hydroxylation is 1. The predicted molar refractivity (Wildman–Crippen MR) is 111 cm³/mol. The fourth-order valence-corrected chi connectivity index (χ4v) is 3.67. The van der Waals surface area contributed by atoms with Gasteiger partial charge in [0.1, 0.15) is 18.4 Å². The average molecular weight is 411 g/mol. The van der Waals surface area contributed by atoms with Crippen molar-refractivity contribution in [1.82, 2.24) is 14.9 Å². The summed E-state index contributed by atoms with van der Waals surface area (Å²) in [6.07, 6.45) is 0.497. The number of nitrogens with zero attached hydrogens (tertiary/aromatic N) is 3. The summed E-state index contributed by atoms with van der Waals surface area (Å²) in [6, 6.07) is 13.4. The second-order valence-corrected chi connectivity index (χ2v) is 7.38. The number of carbonyl (C=O) groups is 2. The lowest BCUT2D eigenvalue weighted by atomic mass is 10.2. The third-order valence-electron chi connectivity index (χ3n) is 5.03. The van der Waals surface area contributed by atoms with Gasteiger partial charge in [-0.1, -0.05) is 23.7 Å². The van der Waals surface area contributed by atoms with E-state index in [-0.39, 0.29) is 18.0 Å². The van der Waals surface area contributed by atoms with Crippen LogP contribution in [0.4, 0.5) is 5.69 Å². The molecule has 2 amide bonds. The summed E-state index contributed by atoms with van der Waals surface area (Å²) in [4.78, 5) is 44.0. The van der Waals surface area contributed by atoms with Crippen LogP contribution in [0, 0.1) is 6.92 Å². The minimum atomic E-state index is -0.623. The molecule has 1 aliphatic rings. The molecule has 1 saturated heterocycles. The topological polar surface area (TPSA) is 84.3 Å². The molecular formula is C21H19ClN4O3. The van der Waals surface area contributed by atoms with Gasteiger partial charge >= 0.3 is 0 Å². The zero-order chi connectivity index (χ0) is 20.5. The normalized spacial score (nSPS) is 16.4. The van der Waals surface area contributed by atoms with Crippen molar-refractivity contribution in [2.45, 2.75) is 25.9 Å². The van der Waals surface area contributed by atoms with Crippen LogP contribution in [0.5, 0.6) is 0 Å². The van der Waals surface area contributed by atoms with Gasteiger partial charge in [0, 0.05) is 17.3 Å². The number of hydrogen-bond donors (Lipinski definition) is 1. The fraction of sp³-hybridized carbons (Fsp3) is 0.238. The van der Waals surface area contributed by atoms with Gasteiger partial charge in [-0.25, -0.2) is 4.98 Å². The fourth-order valence-electron chi connectivity index (χ4n) is 3.54. The molecule has 148 valence electrons. The highest BCUT2D eigenvalue weighted by atomic mass is 35.5. The Morgan fingerprint density at radius 3 is 2.66 bits per heavy atom. The van der Waals surface area contributed by atoms with Gasteiger partial charge in [-0.05, 0) is 49.7 Å². The smallest absolute Gasteiger partial charge is 0.261 e. The molecule has 1 N–H and O–H groups in total. The van der Waals surface area contributed by atoms with Gasteiger partial charge in [-0.2, -0.15) is 0 Å². The summed E-state index contributed by atoms with van der Waals surface area (Å²) in [5.74, 6) is -0.130. The van der Waals surface area contributed by atoms with E-state index in [9.17, 15) is 14.4 Å². The van der Waals surface area contributed by atoms with Crippen LogP contribution in [-0.4, -0.2) is 34.0 Å². The second-order valence-electron chi connectivity index (χ2n) is 6.94. The van der Waals surface area contributed by atoms with Gasteiger partial charge < -0.3 is 10.2 Å². The maximum absolute atomic E-state index is 12.7. The van der Waals surface area contributed by atoms with E-state index in [2.05, 4.69) is 10.3 Å². The summed E-state index contributed by atoms with van der Waals surface area (Å²) in [5, 5.41) is 3.80. The lowest BCUT2D eigenvalue weighted by Gasteiger charge is -2.18. The van der Waals surface area contributed by atoms with Crippen LogP contribution < -0.4 is 15.8 Å². The van der Waals surface area contributed by atoms with Crippen LogP contribution in [0.3, 0.4) is 0 Å². The maximum atomic E-state index is 12.7. The number of rotatable bonds is 4. The third-order valence-corrected chi connectivity index (χ3v) is 5.29. The first-order chi connectivity index (χ1) is 13.9. The summed E-state index contributed by atoms with van der Waals surface area (Å²) in [6.45, 7) is 2.00. The molecule has 1 aliphatic heterocycles. The molecule has 0 spiro atoms. The molecule has 2 heterocycles. The van der Waals surface area contributed by atoms with E-state index in [0.29, 0.717) is 34.7 Å². The van der Waals surface area contributed by atoms with Crippen molar-refractivity contribution in [2.75, 3.05) is 11.4 Å². The molecule has 8 heteroatoms. The molecular weight excluding hydrogens is 392 g/mol. The van der Waals surface area contributed by atoms with E-state index in [1.165, 1.54) is 4.57 Å². The van der Waals surface area contributed by atoms with E-state index in [0.717, 1.165) is 5.69 Å². The van der Waals surface area contributed by atoms with Gasteiger partial charge in [0.05, 0.1) is 10.9 Å². The third kappa shape index (κ3) is 3.73. The minimum Gasteiger partial charge on any atom is -0.343 e. The number of carbonyl (C=O) groups excluding carboxylic acids is 2. The van der Waals surface area contributed by atoms with Crippen LogP contribution in [0.25, 0.3) is 10.9 Å². The molecule has 1 aromatic heterocycles. The van der Waals surface area contributed by atoms with Crippen molar-refractivity contribution in [3.05, 3.63) is 69.7 Å². The number of aromatic nitrogens is 2. The highest BCUT2D eigenvalue weighted by Crippen LogP contribution is 2.23. The predicted octanol–water partition coefficient (Wildman–Crippen LogP) is 2.28. The number of nitrogens with one attached hydrogen (secondary N) is 1. The maximum Gasteiger partial charge on any atom is 0.261 e. The van der Waals surface area contributed by atoms with Crippen molar-refractivity contribution in [3.8, 4) is 0 Å². The molecule has 0 saturated carbocycles. The number of hydrogen-bond acceptors (Lipinski definition) is 4. The van der Waals surface area contributed by atoms with Crippen LogP contribution >= 0.6 is 11.6 Å². The van der Waals surface area contributed by atoms with Gasteiger partial charge in [0.2, 0.25) is 11.8 Å². The number of fused-ring (bicyclic) bond motifs is 1. The molecule has 0 unspecified atom stereocenters. The molecule has 3 aromatic rings. The van der Waals surface area contributed by atoms with Crippen LogP contribution in [0.15, 0.2) is 53.3 Å². The van der Waals surface area contributed by atoms with Crippen molar-refractivity contribution in [2.24, 2.45) is 0 Å². The molecule has 29 heavy (non-hydrogen) atoms. The van der Waals surface area contributed by atoms with Gasteiger partial charge in [-0.15, -0.1) is 0 Å². The average Bonchev–Trinajstić information content (AvgIpc) is 3.06. The zero-order valence-corrected chi connectivity index (χ0v) is 16.5. The standard InChI is InChI=1S/C21H19ClN4O3/c1-13-23-17-5-3-2-4-16(17)20(28)26(13)12-19(27)24-18-10-11-25(21(18)29)15-8-6-14(22)7-9-15/h2-9,18H,10-12H2,1H3,(H,24,27)/t18-/m1/s1. The molecule has 1 fully saturated rings. The number of halogens is 1. The van der Waals surface area contributed by atoms with Crippen LogP contribution in [0.2, 0.25) is 5.02 Å². The Bertz CT molecular complexity index is 1160. The number of amides is 2. The van der Waals surface area contributed by atoms with E-state index < -0.39 is 11.9 Å². The number of benzene rings is 2. The van der Waals surface area contributed by atoms with Crippen LogP contribution in [0.1, 0.15) is 12.2 Å². The van der Waals surface area contributed by atoms with E-state index in [4.69, 9.17) is 11.6 Å². The molecule has 0 radical (unpaired) electrons. The van der Waals surface area contributed by atoms with Crippen molar-refractivity contribution in [1.29, 1.82) is 0 Å². The van der Waals surface area contributed by atoms with E-state index in [1.807, 2.05) is 6.07 Å². The Hall–Kier alpha value is -3.19. The first kappa shape index (κ1) is 19.1. The zero-order valence-electron chi connectivity index (χ0n) is 15.8. The Kier molecular flexibility index (Phi) is 5.07. The molecule has 1 atom stereocenters. The number of anilines is 1. The molecule has 2 aromatic carbocycles. The highest BCUT2D eigenvalue weighted by Gasteiger charge is 2.33. The second kappa shape index (κ2) is 7.67. The monoisotopic (exact) mass is 410 g/mol. The summed E-state index contributed by atoms with van der Waals surface area (Å²) >= 11 is 5.90.